The van der Waals surface area contributed by atoms with E-state index in [0.717, 1.165) is 188 Å². The summed E-state index contributed by atoms with van der Waals surface area (Å²) in [7, 11) is 0. The van der Waals surface area contributed by atoms with Crippen LogP contribution in [0.15, 0.2) is 304 Å². The minimum Gasteiger partial charge on any atom is -0.308 e. The molecule has 14 aromatic carbocycles. The molecule has 8 nitrogen and oxygen atoms in total. The predicted molar refractivity (Wildman–Crippen MR) is 465 cm³/mol. The summed E-state index contributed by atoms with van der Waals surface area (Å²) in [5, 5.41) is 33.1. The molecular weight excluding hydrogens is 1360 g/mol. The molecule has 0 saturated carbocycles. The van der Waals surface area contributed by atoms with Crippen molar-refractivity contribution in [1.29, 1.82) is 10.5 Å². The molecular formula is C104H74N8. The van der Waals surface area contributed by atoms with Gasteiger partial charge in [-0.05, 0) is 276 Å². The fraction of sp³-hybridized carbons (Fsp3) is 0.0769. The Balaban J connectivity index is 0.809. The van der Waals surface area contributed by atoms with Gasteiger partial charge in [0, 0.05) is 67.9 Å². The lowest BCUT2D eigenvalue weighted by atomic mass is 9.89. The Bertz CT molecular complexity index is 7490. The number of aromatic nitrogens is 6. The van der Waals surface area contributed by atoms with Gasteiger partial charge < -0.3 is 18.3 Å². The summed E-state index contributed by atoms with van der Waals surface area (Å²) in [5.74, 6) is 0. The van der Waals surface area contributed by atoms with Crippen LogP contribution in [-0.2, 0) is 0 Å². The summed E-state index contributed by atoms with van der Waals surface area (Å²) in [6, 6.07) is 107. The summed E-state index contributed by atoms with van der Waals surface area (Å²) in [6.45, 7) is 17.5. The van der Waals surface area contributed by atoms with Crippen LogP contribution in [0.3, 0.4) is 0 Å². The molecule has 0 radical (unpaired) electrons. The number of pyridine rings is 2. The molecule has 0 N–H and O–H groups in total. The number of hydrogen-bond donors (Lipinski definition) is 0. The first-order chi connectivity index (χ1) is 54.7. The number of nitrogens with zero attached hydrogens (tertiary/aromatic N) is 8. The zero-order valence-electron chi connectivity index (χ0n) is 63.4. The molecule has 530 valence electrons. The average molecular weight is 1440 g/mol. The maximum atomic E-state index is 12.2. The quantitative estimate of drug-likeness (QED) is 0.129. The number of nitriles is 2. The van der Waals surface area contributed by atoms with Crippen LogP contribution in [0.1, 0.15) is 55.6 Å². The molecule has 0 spiro atoms. The Morgan fingerprint density at radius 2 is 0.571 bits per heavy atom. The van der Waals surface area contributed by atoms with E-state index in [-0.39, 0.29) is 0 Å². The molecule has 0 aliphatic rings. The summed E-state index contributed by atoms with van der Waals surface area (Å²) >= 11 is 0. The van der Waals surface area contributed by atoms with Gasteiger partial charge in [-0.1, -0.05) is 180 Å². The lowest BCUT2D eigenvalue weighted by Gasteiger charge is -2.19. The van der Waals surface area contributed by atoms with Gasteiger partial charge in [0.2, 0.25) is 0 Å². The maximum absolute atomic E-state index is 12.2. The molecule has 6 aromatic heterocycles. The van der Waals surface area contributed by atoms with Crippen molar-refractivity contribution in [2.24, 2.45) is 0 Å². The van der Waals surface area contributed by atoms with Gasteiger partial charge in [0.05, 0.1) is 66.9 Å². The first kappa shape index (κ1) is 67.0. The monoisotopic (exact) mass is 1430 g/mol. The number of fused-ring (bicyclic) bond motifs is 12. The van der Waals surface area contributed by atoms with E-state index in [1.807, 2.05) is 24.8 Å². The predicted octanol–water partition coefficient (Wildman–Crippen LogP) is 26.7. The summed E-state index contributed by atoms with van der Waals surface area (Å²) in [6.07, 6.45) is 7.38. The number of para-hydroxylation sites is 3. The molecule has 20 aromatic rings. The van der Waals surface area contributed by atoms with Gasteiger partial charge in [-0.25, -0.2) is 0 Å². The third-order valence-electron chi connectivity index (χ3n) is 23.5. The zero-order valence-corrected chi connectivity index (χ0v) is 63.4. The number of aryl methyl sites for hydroxylation is 8. The van der Waals surface area contributed by atoms with E-state index < -0.39 is 0 Å². The van der Waals surface area contributed by atoms with Gasteiger partial charge in [-0.2, -0.15) is 10.5 Å². The minimum atomic E-state index is 0.541. The van der Waals surface area contributed by atoms with Crippen molar-refractivity contribution in [2.45, 2.75) is 55.4 Å². The van der Waals surface area contributed by atoms with Gasteiger partial charge in [0.1, 0.15) is 23.3 Å². The van der Waals surface area contributed by atoms with Crippen LogP contribution >= 0.6 is 0 Å². The Labute approximate surface area is 649 Å². The molecule has 0 saturated heterocycles. The molecule has 0 unspecified atom stereocenters. The van der Waals surface area contributed by atoms with Gasteiger partial charge in [0.25, 0.3) is 0 Å². The Hall–Kier alpha value is -14.4. The van der Waals surface area contributed by atoms with Crippen molar-refractivity contribution in [1.82, 2.24) is 28.2 Å². The van der Waals surface area contributed by atoms with E-state index in [4.69, 9.17) is 0 Å². The molecule has 0 fully saturated rings. The van der Waals surface area contributed by atoms with Crippen molar-refractivity contribution in [3.05, 3.63) is 359 Å². The molecule has 112 heavy (non-hydrogen) atoms. The van der Waals surface area contributed by atoms with Crippen molar-refractivity contribution < 1.29 is 0 Å². The van der Waals surface area contributed by atoms with Crippen LogP contribution in [0, 0.1) is 78.1 Å². The smallest absolute Gasteiger partial charge is 0.104 e. The third-order valence-corrected chi connectivity index (χ3v) is 23.5. The van der Waals surface area contributed by atoms with Crippen LogP contribution in [0.2, 0.25) is 0 Å². The molecule has 6 heterocycles. The van der Waals surface area contributed by atoms with E-state index in [0.29, 0.717) is 11.1 Å². The van der Waals surface area contributed by atoms with E-state index in [9.17, 15) is 10.5 Å². The molecule has 0 amide bonds. The number of rotatable bonds is 11. The van der Waals surface area contributed by atoms with E-state index in [1.165, 1.54) is 44.5 Å². The Morgan fingerprint density at radius 3 is 1.03 bits per heavy atom. The summed E-state index contributed by atoms with van der Waals surface area (Å²) in [4.78, 5) is 8.98. The first-order valence-electron chi connectivity index (χ1n) is 38.3. The van der Waals surface area contributed by atoms with Gasteiger partial charge in [-0.15, -0.1) is 0 Å². The van der Waals surface area contributed by atoms with Crippen molar-refractivity contribution >= 4 is 87.2 Å². The highest BCUT2D eigenvalue weighted by molar-refractivity contribution is 6.19. The first-order valence-corrected chi connectivity index (χ1v) is 38.3. The normalized spacial score (nSPS) is 11.7. The summed E-state index contributed by atoms with van der Waals surface area (Å²) < 4.78 is 9.31. The zero-order chi connectivity index (χ0) is 75.9. The molecule has 0 aliphatic carbocycles. The SMILES string of the molecule is Cc1ccc(-c2ccc3c(c2)c2ccccc2n3-c2cc(-c3ccncc3)cc(-n3c4ccc(-c5ccc(C)cc5C)cc4c4c(-c5cc(-c6ccc7c8ccccc8n(-c8cc(-c9ccncc9)cc(-n9c%10ccccc%10c%10ccc(-c%11ccc(C)cc%11C)cc%109)c8C#N)c7c6)c(C)cc5C)cccc43)c2C#N)c(C)c1. The highest BCUT2D eigenvalue weighted by atomic mass is 15.0. The van der Waals surface area contributed by atoms with Crippen LogP contribution < -0.4 is 0 Å². The highest BCUT2D eigenvalue weighted by Gasteiger charge is 2.28. The second-order valence-corrected chi connectivity index (χ2v) is 30.4. The van der Waals surface area contributed by atoms with Gasteiger partial charge >= 0.3 is 0 Å². The lowest BCUT2D eigenvalue weighted by Crippen LogP contribution is -2.05. The second-order valence-electron chi connectivity index (χ2n) is 30.4. The fourth-order valence-corrected chi connectivity index (χ4v) is 18.4. The minimum absolute atomic E-state index is 0.541. The largest absolute Gasteiger partial charge is 0.308 e. The average Bonchev–Trinajstić information content (AvgIpc) is 1.57. The van der Waals surface area contributed by atoms with E-state index in [2.05, 4.69) is 375 Å². The molecule has 20 rings (SSSR count). The van der Waals surface area contributed by atoms with Crippen molar-refractivity contribution in [3.8, 4) is 113 Å². The fourth-order valence-electron chi connectivity index (χ4n) is 18.4. The lowest BCUT2D eigenvalue weighted by molar-refractivity contribution is 1.12. The molecule has 8 heteroatoms. The Kier molecular flexibility index (Phi) is 15.6. The molecule has 0 atom stereocenters. The van der Waals surface area contributed by atoms with Crippen LogP contribution in [0.5, 0.6) is 0 Å². The maximum Gasteiger partial charge on any atom is 0.104 e. The van der Waals surface area contributed by atoms with Crippen molar-refractivity contribution in [3.63, 3.8) is 0 Å². The van der Waals surface area contributed by atoms with E-state index in [1.54, 1.807) is 0 Å². The summed E-state index contributed by atoms with van der Waals surface area (Å²) in [5.41, 5.74) is 36.7. The Morgan fingerprint density at radius 1 is 0.223 bits per heavy atom. The van der Waals surface area contributed by atoms with Crippen molar-refractivity contribution in [2.75, 3.05) is 0 Å². The van der Waals surface area contributed by atoms with Gasteiger partial charge in [-0.3, -0.25) is 9.97 Å². The number of hydrogen-bond acceptors (Lipinski definition) is 4. The molecule has 0 bridgehead atoms. The standard InChI is InChI=1S/C104H74N8/c1-61-24-31-77(64(4)46-61)71-29-36-95-88(50-71)82-18-11-14-22-94(82)109(95)100-54-75(69-38-42-107-43-39-69)55-101(90(100)59-105)110-96-37-30-72(78-32-25-62(2)47-65(78)5)51-89(96)104-85(19-15-23-97(104)110)87-58-86(67(7)49-68(87)8)74-28-35-84-81-17-10-13-21-93(81)112(99(84)53-74)103-57-76(70-40-44-108-45-41-70)56-102(91(103)60-106)111-92-20-12-9-16-80(92)83-34-27-73(52-98(83)111)79-33-26-63(3)48-66(79)6/h9-58H,1-8H3. The topological polar surface area (TPSA) is 93.1 Å². The number of benzene rings is 14. The second kappa shape index (κ2) is 26.2. The third kappa shape index (κ3) is 10.6. The van der Waals surface area contributed by atoms with E-state index >= 15 is 0 Å². The van der Waals surface area contributed by atoms with Gasteiger partial charge in [0.15, 0.2) is 0 Å². The highest BCUT2D eigenvalue weighted by Crippen LogP contribution is 2.48. The molecule has 0 aliphatic heterocycles. The van der Waals surface area contributed by atoms with Crippen LogP contribution in [0.25, 0.3) is 188 Å². The van der Waals surface area contributed by atoms with Crippen LogP contribution in [-0.4, -0.2) is 28.2 Å². The van der Waals surface area contributed by atoms with Crippen LogP contribution in [0.4, 0.5) is 0 Å².